The summed E-state index contributed by atoms with van der Waals surface area (Å²) < 4.78 is 47.1. The maximum absolute atomic E-state index is 12.5. The van der Waals surface area contributed by atoms with Crippen molar-refractivity contribution in [2.45, 2.75) is 44.5 Å². The molecule has 2 aliphatic heterocycles. The molecule has 1 atom stereocenters. The Bertz CT molecular complexity index is 1320. The second-order valence-electron chi connectivity index (χ2n) is 8.62. The minimum Gasteiger partial charge on any atom is -0.494 e. The summed E-state index contributed by atoms with van der Waals surface area (Å²) in [5.41, 5.74) is 2.11. The van der Waals surface area contributed by atoms with Crippen LogP contribution in [-0.4, -0.2) is 59.3 Å². The van der Waals surface area contributed by atoms with Crippen LogP contribution >= 0.6 is 0 Å². The highest BCUT2D eigenvalue weighted by molar-refractivity contribution is 6.21. The first kappa shape index (κ1) is 16.5. The number of ether oxygens (including phenoxy) is 1. The third kappa shape index (κ3) is 4.40. The molecule has 1 saturated heterocycles. The van der Waals surface area contributed by atoms with E-state index in [1.165, 1.54) is 9.80 Å². The molecule has 0 aliphatic carbocycles. The molecule has 3 aromatic rings. The van der Waals surface area contributed by atoms with E-state index >= 15 is 0 Å². The smallest absolute Gasteiger partial charge is 0.261 e. The van der Waals surface area contributed by atoms with Crippen molar-refractivity contribution in [1.29, 1.82) is 0 Å². The van der Waals surface area contributed by atoms with E-state index in [1.807, 2.05) is 12.1 Å². The van der Waals surface area contributed by atoms with E-state index < -0.39 is 19.4 Å². The third-order valence-corrected chi connectivity index (χ3v) is 6.40. The molecule has 33 heavy (non-hydrogen) atoms. The van der Waals surface area contributed by atoms with E-state index in [0.29, 0.717) is 66.8 Å². The van der Waals surface area contributed by atoms with Crippen LogP contribution in [0.25, 0.3) is 10.9 Å². The molecular weight excluding hydrogens is 414 g/mol. The summed E-state index contributed by atoms with van der Waals surface area (Å²) in [6.07, 6.45) is 3.09. The first-order valence-electron chi connectivity index (χ1n) is 14.1. The number of carbonyl (C=O) groups is 2. The number of likely N-dealkylation sites (N-methyl/N-ethyl adjacent to an activating group) is 1. The molecule has 5 rings (SSSR count). The molecule has 0 bridgehead atoms. The molecule has 2 aliphatic rings. The fourth-order valence-electron chi connectivity index (χ4n) is 4.59. The second-order valence-corrected chi connectivity index (χ2v) is 8.62. The fourth-order valence-corrected chi connectivity index (χ4v) is 4.59. The number of benzene rings is 2. The van der Waals surface area contributed by atoms with Gasteiger partial charge >= 0.3 is 0 Å². The maximum Gasteiger partial charge on any atom is 0.261 e. The van der Waals surface area contributed by atoms with Gasteiger partial charge in [0, 0.05) is 36.5 Å². The lowest BCUT2D eigenvalue weighted by Crippen LogP contribution is -2.30. The van der Waals surface area contributed by atoms with Crippen LogP contribution in [0.2, 0.25) is 0 Å². The van der Waals surface area contributed by atoms with Crippen LogP contribution in [0.3, 0.4) is 0 Å². The zero-order valence-corrected chi connectivity index (χ0v) is 18.5. The lowest BCUT2D eigenvalue weighted by Gasteiger charge is -2.18. The predicted octanol–water partition coefficient (Wildman–Crippen LogP) is 4.65. The van der Waals surface area contributed by atoms with Gasteiger partial charge in [0.2, 0.25) is 0 Å². The van der Waals surface area contributed by atoms with E-state index in [2.05, 4.69) is 4.98 Å². The first-order valence-corrected chi connectivity index (χ1v) is 11.6. The molecule has 6 heteroatoms. The van der Waals surface area contributed by atoms with E-state index in [-0.39, 0.29) is 11.8 Å². The summed E-state index contributed by atoms with van der Waals surface area (Å²) in [5, 5.41) is 0.676. The molecule has 3 heterocycles. The van der Waals surface area contributed by atoms with Crippen molar-refractivity contribution in [1.82, 2.24) is 14.8 Å². The molecule has 1 aromatic heterocycles. The number of H-pyrrole nitrogens is 1. The average Bonchev–Trinajstić information content (AvgIpc) is 3.60. The summed E-state index contributed by atoms with van der Waals surface area (Å²) in [7, 11) is 0. The van der Waals surface area contributed by atoms with E-state index in [4.69, 9.17) is 11.6 Å². The number of amides is 2. The van der Waals surface area contributed by atoms with Crippen molar-refractivity contribution < 1.29 is 21.2 Å². The third-order valence-electron chi connectivity index (χ3n) is 6.40. The minimum absolute atomic E-state index is 0.239. The number of hydrogen-bond donors (Lipinski definition) is 1. The van der Waals surface area contributed by atoms with Gasteiger partial charge in [0.1, 0.15) is 5.75 Å². The summed E-state index contributed by atoms with van der Waals surface area (Å²) in [4.78, 5) is 30.6. The Balaban J connectivity index is 1.17. The van der Waals surface area contributed by atoms with Crippen LogP contribution in [0.5, 0.6) is 5.75 Å². The van der Waals surface area contributed by atoms with Crippen LogP contribution in [-0.2, 0) is 6.37 Å². The average molecular weight is 451 g/mol. The largest absolute Gasteiger partial charge is 0.494 e. The number of rotatable bonds is 9. The van der Waals surface area contributed by atoms with Gasteiger partial charge < -0.3 is 14.6 Å². The van der Waals surface area contributed by atoms with Crippen LogP contribution < -0.4 is 4.74 Å². The first-order chi connectivity index (χ1) is 18.1. The van der Waals surface area contributed by atoms with Gasteiger partial charge in [-0.05, 0) is 87.9 Å². The van der Waals surface area contributed by atoms with Crippen LogP contribution in [0.15, 0.2) is 48.7 Å². The standard InChI is InChI=1S/C27H31N3O3/c1-29-13-7-8-20(29)16-19-18-28-25-12-11-21(17-24(19)25)33-15-6-2-5-14-30-26(31)22-9-3-4-10-23(22)27(30)32/h3-4,9-12,17-18,20,28H,2,5-8,13-16H2,1H3/t20-/m1/s1/i1D3,16D2. The van der Waals surface area contributed by atoms with E-state index in [9.17, 15) is 9.59 Å². The van der Waals surface area contributed by atoms with Crippen LogP contribution in [0.1, 0.15) is 65.2 Å². The van der Waals surface area contributed by atoms with Gasteiger partial charge in [-0.15, -0.1) is 0 Å². The number of likely N-dealkylation sites (tertiary alicyclic amines) is 1. The second kappa shape index (κ2) is 9.40. The number of fused-ring (bicyclic) bond motifs is 2. The normalized spacial score (nSPS) is 21.5. The van der Waals surface area contributed by atoms with Crippen molar-refractivity contribution in [3.63, 3.8) is 0 Å². The highest BCUT2D eigenvalue weighted by Gasteiger charge is 2.34. The number of carbonyl (C=O) groups excluding carboxylic acids is 2. The molecule has 0 saturated carbocycles. The van der Waals surface area contributed by atoms with E-state index in [0.717, 1.165) is 18.4 Å². The summed E-state index contributed by atoms with van der Waals surface area (Å²) in [6, 6.07) is 11.6. The molecule has 0 spiro atoms. The molecule has 0 radical (unpaired) electrons. The van der Waals surface area contributed by atoms with Crippen molar-refractivity contribution in [3.05, 3.63) is 65.4 Å². The Labute approximate surface area is 201 Å². The van der Waals surface area contributed by atoms with Gasteiger partial charge in [-0.3, -0.25) is 14.5 Å². The quantitative estimate of drug-likeness (QED) is 0.381. The van der Waals surface area contributed by atoms with Gasteiger partial charge in [-0.2, -0.15) is 0 Å². The number of nitrogens with one attached hydrogen (secondary N) is 1. The number of imide groups is 1. The van der Waals surface area contributed by atoms with Crippen molar-refractivity contribution in [3.8, 4) is 5.75 Å². The van der Waals surface area contributed by atoms with Crippen molar-refractivity contribution in [2.75, 3.05) is 26.7 Å². The highest BCUT2D eigenvalue weighted by atomic mass is 16.5. The highest BCUT2D eigenvalue weighted by Crippen LogP contribution is 2.28. The summed E-state index contributed by atoms with van der Waals surface area (Å²) in [6.45, 7) is -1.18. The van der Waals surface area contributed by atoms with E-state index in [1.54, 1.807) is 36.5 Å². The molecule has 1 N–H and O–H groups in total. The van der Waals surface area contributed by atoms with Crippen LogP contribution in [0.4, 0.5) is 0 Å². The monoisotopic (exact) mass is 450 g/mol. The number of nitrogens with zero attached hydrogens (tertiary/aromatic N) is 2. The topological polar surface area (TPSA) is 65.6 Å². The molecular formula is C27H31N3O3. The van der Waals surface area contributed by atoms with Crippen molar-refractivity contribution in [2.24, 2.45) is 0 Å². The van der Waals surface area contributed by atoms with Gasteiger partial charge in [0.15, 0.2) is 0 Å². The molecule has 0 unspecified atom stereocenters. The predicted molar refractivity (Wildman–Crippen MR) is 129 cm³/mol. The summed E-state index contributed by atoms with van der Waals surface area (Å²) in [5.74, 6) is 0.127. The Morgan fingerprint density at radius 3 is 2.73 bits per heavy atom. The lowest BCUT2D eigenvalue weighted by molar-refractivity contribution is 0.0651. The molecule has 2 amide bonds. The van der Waals surface area contributed by atoms with Gasteiger partial charge in [-0.25, -0.2) is 0 Å². The molecule has 1 fully saturated rings. The Kier molecular flexibility index (Phi) is 4.69. The molecule has 172 valence electrons. The lowest BCUT2D eigenvalue weighted by atomic mass is 10.0. The Morgan fingerprint density at radius 2 is 1.94 bits per heavy atom. The van der Waals surface area contributed by atoms with Crippen LogP contribution in [0, 0.1) is 0 Å². The number of hydrogen-bond acceptors (Lipinski definition) is 4. The zero-order chi connectivity index (χ0) is 27.1. The number of unbranched alkanes of at least 4 members (excludes halogenated alkanes) is 2. The SMILES string of the molecule is [2H]C([2H])(c1c[nH]c2ccc(OCCCCCN3C(=O)c4ccccc4C3=O)cc12)[C@H]1CCCN1C([2H])([2H])[2H]. The molecule has 6 nitrogen and oxygen atoms in total. The van der Waals surface area contributed by atoms with Gasteiger partial charge in [0.05, 0.1) is 17.7 Å². The fraction of sp³-hybridized carbons (Fsp3) is 0.407. The maximum atomic E-state index is 12.5. The number of aromatic nitrogens is 1. The number of aromatic amines is 1. The van der Waals surface area contributed by atoms with Gasteiger partial charge in [-0.1, -0.05) is 12.1 Å². The molecule has 2 aromatic carbocycles. The Hall–Kier alpha value is -3.12. The van der Waals surface area contributed by atoms with Crippen molar-refractivity contribution >= 4 is 22.7 Å². The van der Waals surface area contributed by atoms with Gasteiger partial charge in [0.25, 0.3) is 11.8 Å². The zero-order valence-electron chi connectivity index (χ0n) is 23.5. The minimum atomic E-state index is -2.34. The Morgan fingerprint density at radius 1 is 1.12 bits per heavy atom. The summed E-state index contributed by atoms with van der Waals surface area (Å²) >= 11 is 0.